The number of Topliss-reactive ketones (excluding diaryl/α,β-unsaturated/α-hetero) is 1. The van der Waals surface area contributed by atoms with Crippen molar-refractivity contribution in [1.82, 2.24) is 19.9 Å². The molecule has 1 aliphatic heterocycles. The average Bonchev–Trinajstić information content (AvgIpc) is 3.65. The molecule has 0 saturated heterocycles. The molecule has 4 aromatic heterocycles. The monoisotopic (exact) mass is 454 g/mol. The van der Waals surface area contributed by atoms with Crippen molar-refractivity contribution in [2.45, 2.75) is 18.3 Å². The number of aromatic nitrogens is 4. The molecule has 3 aliphatic carbocycles. The highest BCUT2D eigenvalue weighted by Crippen LogP contribution is 2.48. The van der Waals surface area contributed by atoms with Gasteiger partial charge in [-0.15, -0.1) is 0 Å². The summed E-state index contributed by atoms with van der Waals surface area (Å²) in [6, 6.07) is 21.0. The SMILES string of the molecule is O=C1CC2c3ccccc3C1c1c2c2[nH]c1=Cc1ccc([nH]1)C=c1ccc([nH]1)=Cc1ccc([nH]1)C=2. The summed E-state index contributed by atoms with van der Waals surface area (Å²) in [4.78, 5) is 27.5. The molecule has 1 aromatic carbocycles. The molecule has 5 heteroatoms. The molecule has 0 spiro atoms. The van der Waals surface area contributed by atoms with Crippen LogP contribution in [0.3, 0.4) is 0 Å². The lowest BCUT2D eigenvalue weighted by atomic mass is 9.64. The molecule has 2 atom stereocenters. The van der Waals surface area contributed by atoms with Gasteiger partial charge in [-0.3, -0.25) is 4.79 Å². The minimum absolute atomic E-state index is 0.0796. The maximum Gasteiger partial charge on any atom is 0.145 e. The van der Waals surface area contributed by atoms with Crippen molar-refractivity contribution < 1.29 is 4.79 Å². The number of nitrogens with one attached hydrogen (secondary N) is 4. The first kappa shape index (κ1) is 18.9. The topological polar surface area (TPSA) is 80.2 Å². The third-order valence-electron chi connectivity index (χ3n) is 7.60. The Morgan fingerprint density at radius 2 is 1.14 bits per heavy atom. The summed E-state index contributed by atoms with van der Waals surface area (Å²) < 4.78 is 0. The van der Waals surface area contributed by atoms with Crippen molar-refractivity contribution in [2.24, 2.45) is 0 Å². The van der Waals surface area contributed by atoms with Crippen LogP contribution in [0.25, 0.3) is 24.3 Å². The quantitative estimate of drug-likeness (QED) is 0.279. The maximum absolute atomic E-state index is 13.3. The number of carbonyl (C=O) groups is 1. The molecule has 35 heavy (non-hydrogen) atoms. The van der Waals surface area contributed by atoms with E-state index in [1.807, 2.05) is 6.07 Å². The van der Waals surface area contributed by atoms with Gasteiger partial charge in [-0.25, -0.2) is 0 Å². The zero-order valence-electron chi connectivity index (χ0n) is 18.9. The standard InChI is InChI=1S/C30H22N4O/c35-27-15-24-22-3-1-2-4-23(22)29(27)30-26-14-21-10-8-19(33-21)12-17-6-5-16(31-17)11-18-7-9-20(32-18)13-25(34-26)28(24)30/h1-14,24,29,31-34H,15H2. The fourth-order valence-electron chi connectivity index (χ4n) is 6.19. The molecule has 0 amide bonds. The zero-order chi connectivity index (χ0) is 23.1. The molecule has 2 unspecified atom stereocenters. The van der Waals surface area contributed by atoms with E-state index in [-0.39, 0.29) is 11.8 Å². The second-order valence-corrected chi connectivity index (χ2v) is 9.75. The predicted molar refractivity (Wildman–Crippen MR) is 136 cm³/mol. The van der Waals surface area contributed by atoms with Gasteiger partial charge in [0.2, 0.25) is 0 Å². The van der Waals surface area contributed by atoms with E-state index in [2.05, 4.69) is 98.8 Å². The molecule has 10 bridgehead atoms. The first-order valence-electron chi connectivity index (χ1n) is 12.0. The Morgan fingerprint density at radius 3 is 1.80 bits per heavy atom. The summed E-state index contributed by atoms with van der Waals surface area (Å²) in [5.41, 5.74) is 8.93. The minimum Gasteiger partial charge on any atom is -0.355 e. The Kier molecular flexibility index (Phi) is 3.65. The van der Waals surface area contributed by atoms with Crippen LogP contribution in [-0.4, -0.2) is 25.7 Å². The van der Waals surface area contributed by atoms with Crippen LogP contribution in [0.4, 0.5) is 0 Å². The molecule has 4 aliphatic rings. The van der Waals surface area contributed by atoms with Crippen LogP contribution >= 0.6 is 0 Å². The largest absolute Gasteiger partial charge is 0.355 e. The fourth-order valence-corrected chi connectivity index (χ4v) is 6.19. The maximum atomic E-state index is 13.3. The number of benzene rings is 1. The lowest BCUT2D eigenvalue weighted by Gasteiger charge is -2.37. The van der Waals surface area contributed by atoms with Gasteiger partial charge in [0.05, 0.1) is 5.92 Å². The Morgan fingerprint density at radius 1 is 0.571 bits per heavy atom. The first-order chi connectivity index (χ1) is 17.2. The van der Waals surface area contributed by atoms with Gasteiger partial charge in [0.1, 0.15) is 5.78 Å². The number of hydrogen-bond acceptors (Lipinski definition) is 1. The first-order valence-corrected chi connectivity index (χ1v) is 12.0. The molecule has 9 rings (SSSR count). The van der Waals surface area contributed by atoms with Crippen LogP contribution in [0.2, 0.25) is 0 Å². The van der Waals surface area contributed by atoms with Crippen LogP contribution < -0.4 is 21.4 Å². The third kappa shape index (κ3) is 2.78. The van der Waals surface area contributed by atoms with E-state index in [1.54, 1.807) is 0 Å². The summed E-state index contributed by atoms with van der Waals surface area (Å²) >= 11 is 0. The van der Waals surface area contributed by atoms with Crippen molar-refractivity contribution >= 4 is 30.1 Å². The summed E-state index contributed by atoms with van der Waals surface area (Å²) in [5, 5.41) is 4.16. The number of ketones is 1. The number of carbonyl (C=O) groups excluding carboxylic acids is 1. The highest BCUT2D eigenvalue weighted by molar-refractivity contribution is 5.95. The van der Waals surface area contributed by atoms with E-state index in [0.29, 0.717) is 12.2 Å². The van der Waals surface area contributed by atoms with Gasteiger partial charge in [0, 0.05) is 56.5 Å². The van der Waals surface area contributed by atoms with Gasteiger partial charge >= 0.3 is 0 Å². The van der Waals surface area contributed by atoms with Crippen molar-refractivity contribution in [3.05, 3.63) is 127 Å². The van der Waals surface area contributed by atoms with Crippen LogP contribution in [-0.2, 0) is 4.79 Å². The highest BCUT2D eigenvalue weighted by Gasteiger charge is 2.44. The zero-order valence-corrected chi connectivity index (χ0v) is 18.9. The average molecular weight is 455 g/mol. The molecule has 168 valence electrons. The van der Waals surface area contributed by atoms with Crippen molar-refractivity contribution in [1.29, 1.82) is 0 Å². The second kappa shape index (κ2) is 6.76. The lowest BCUT2D eigenvalue weighted by Crippen LogP contribution is -2.35. The van der Waals surface area contributed by atoms with Crippen LogP contribution in [0.5, 0.6) is 0 Å². The summed E-state index contributed by atoms with van der Waals surface area (Å²) in [6.07, 6.45) is 9.10. The number of H-pyrrole nitrogens is 4. The predicted octanol–water partition coefficient (Wildman–Crippen LogP) is 2.18. The van der Waals surface area contributed by atoms with E-state index < -0.39 is 0 Å². The number of hydrogen-bond donors (Lipinski definition) is 4. The Balaban J connectivity index is 1.46. The number of fused-ring (bicyclic) bond motifs is 9. The minimum atomic E-state index is -0.219. The van der Waals surface area contributed by atoms with Crippen LogP contribution in [0.15, 0.2) is 60.7 Å². The Bertz CT molecular complexity index is 1920. The molecular formula is C30H22N4O. The smallest absolute Gasteiger partial charge is 0.145 e. The van der Waals surface area contributed by atoms with Crippen molar-refractivity contribution in [3.63, 3.8) is 0 Å². The summed E-state index contributed by atoms with van der Waals surface area (Å²) in [6.45, 7) is 0. The number of rotatable bonds is 0. The van der Waals surface area contributed by atoms with Gasteiger partial charge in [-0.05, 0) is 83.0 Å². The normalized spacial score (nSPS) is 19.1. The van der Waals surface area contributed by atoms with Crippen molar-refractivity contribution in [2.75, 3.05) is 0 Å². The molecule has 0 radical (unpaired) electrons. The summed E-state index contributed by atoms with van der Waals surface area (Å²) in [5.74, 6) is 0.173. The van der Waals surface area contributed by atoms with Crippen LogP contribution in [0.1, 0.15) is 63.3 Å². The second-order valence-electron chi connectivity index (χ2n) is 9.75. The van der Waals surface area contributed by atoms with E-state index >= 15 is 0 Å². The number of aromatic amines is 4. The third-order valence-corrected chi connectivity index (χ3v) is 7.60. The Hall–Kier alpha value is -4.51. The van der Waals surface area contributed by atoms with Gasteiger partial charge < -0.3 is 19.9 Å². The molecule has 4 N–H and O–H groups in total. The van der Waals surface area contributed by atoms with E-state index in [4.69, 9.17) is 0 Å². The lowest BCUT2D eigenvalue weighted by molar-refractivity contribution is -0.120. The van der Waals surface area contributed by atoms with E-state index in [9.17, 15) is 4.79 Å². The van der Waals surface area contributed by atoms with Gasteiger partial charge in [-0.1, -0.05) is 24.3 Å². The summed E-state index contributed by atoms with van der Waals surface area (Å²) in [7, 11) is 0. The van der Waals surface area contributed by atoms with Gasteiger partial charge in [0.25, 0.3) is 0 Å². The fraction of sp³-hybridized carbons (Fsp3) is 0.100. The highest BCUT2D eigenvalue weighted by atomic mass is 16.1. The molecule has 0 fully saturated rings. The van der Waals surface area contributed by atoms with Crippen LogP contribution in [0, 0.1) is 0 Å². The van der Waals surface area contributed by atoms with E-state index in [1.165, 1.54) is 11.1 Å². The Labute approximate surface area is 200 Å². The molecule has 0 saturated carbocycles. The van der Waals surface area contributed by atoms with Gasteiger partial charge in [0.15, 0.2) is 0 Å². The molecule has 5 heterocycles. The molecule has 5 aromatic rings. The van der Waals surface area contributed by atoms with Gasteiger partial charge in [-0.2, -0.15) is 0 Å². The van der Waals surface area contributed by atoms with E-state index in [0.717, 1.165) is 55.3 Å². The van der Waals surface area contributed by atoms with Crippen molar-refractivity contribution in [3.8, 4) is 0 Å². The molecule has 5 nitrogen and oxygen atoms in total. The molecular weight excluding hydrogens is 432 g/mol.